The van der Waals surface area contributed by atoms with Gasteiger partial charge in [-0.25, -0.2) is 8.42 Å². The van der Waals surface area contributed by atoms with Gasteiger partial charge in [0.1, 0.15) is 0 Å². The van der Waals surface area contributed by atoms with Crippen molar-refractivity contribution < 1.29 is 13.2 Å². The van der Waals surface area contributed by atoms with Crippen molar-refractivity contribution in [2.45, 2.75) is 25.2 Å². The van der Waals surface area contributed by atoms with Crippen LogP contribution in [0.25, 0.3) is 0 Å². The van der Waals surface area contributed by atoms with Gasteiger partial charge < -0.3 is 5.32 Å². The van der Waals surface area contributed by atoms with Crippen molar-refractivity contribution in [2.75, 3.05) is 19.6 Å². The summed E-state index contributed by atoms with van der Waals surface area (Å²) in [5, 5.41) is 2.66. The van der Waals surface area contributed by atoms with E-state index in [-0.39, 0.29) is 10.8 Å². The predicted molar refractivity (Wildman–Crippen MR) is 82.3 cm³/mol. The Bertz CT molecular complexity index is 611. The zero-order valence-electron chi connectivity index (χ0n) is 12.3. The van der Waals surface area contributed by atoms with E-state index in [0.717, 1.165) is 0 Å². The first-order chi connectivity index (χ1) is 9.97. The molecule has 0 bridgehead atoms. The zero-order valence-corrected chi connectivity index (χ0v) is 13.1. The molecule has 0 fully saturated rings. The molecule has 0 radical (unpaired) electrons. The molecule has 1 aromatic carbocycles. The van der Waals surface area contributed by atoms with Crippen LogP contribution >= 0.6 is 0 Å². The van der Waals surface area contributed by atoms with Crippen LogP contribution in [-0.2, 0) is 10.0 Å². The highest BCUT2D eigenvalue weighted by atomic mass is 32.2. The fourth-order valence-corrected chi connectivity index (χ4v) is 3.30. The summed E-state index contributed by atoms with van der Waals surface area (Å²) in [6, 6.07) is 5.90. The standard InChI is InChI=1S/C15H20N2O3S/c1-4-7-12-16-15(18)13-8-10-14(11-9-13)21(19,20)17(5-2)6-3/h1,8-11H,5-7,12H2,2-3H3,(H,16,18). The molecule has 1 amide bonds. The van der Waals surface area contributed by atoms with E-state index in [1.807, 2.05) is 0 Å². The van der Waals surface area contributed by atoms with Crippen LogP contribution in [0.15, 0.2) is 29.2 Å². The minimum atomic E-state index is -3.49. The van der Waals surface area contributed by atoms with Crippen LogP contribution in [0.3, 0.4) is 0 Å². The summed E-state index contributed by atoms with van der Waals surface area (Å²) in [5.74, 6) is 2.16. The Morgan fingerprint density at radius 3 is 2.29 bits per heavy atom. The lowest BCUT2D eigenvalue weighted by Gasteiger charge is -2.18. The summed E-state index contributed by atoms with van der Waals surface area (Å²) >= 11 is 0. The van der Waals surface area contributed by atoms with Crippen molar-refractivity contribution in [3.8, 4) is 12.3 Å². The number of rotatable bonds is 7. The van der Waals surface area contributed by atoms with E-state index in [4.69, 9.17) is 6.42 Å². The Labute approximate surface area is 126 Å². The second-order valence-corrected chi connectivity index (χ2v) is 6.26. The molecule has 0 saturated carbocycles. The average molecular weight is 308 g/mol. The zero-order chi connectivity index (χ0) is 15.9. The molecule has 0 aliphatic carbocycles. The van der Waals surface area contributed by atoms with Crippen molar-refractivity contribution in [3.05, 3.63) is 29.8 Å². The smallest absolute Gasteiger partial charge is 0.251 e. The van der Waals surface area contributed by atoms with E-state index < -0.39 is 10.0 Å². The second-order valence-electron chi connectivity index (χ2n) is 4.32. The molecule has 0 aliphatic heterocycles. The van der Waals surface area contributed by atoms with Gasteiger partial charge in [0.05, 0.1) is 4.90 Å². The molecule has 0 atom stereocenters. The number of nitrogens with zero attached hydrogens (tertiary/aromatic N) is 1. The Kier molecular flexibility index (Phi) is 6.40. The molecular weight excluding hydrogens is 288 g/mol. The SMILES string of the molecule is C#CCCNC(=O)c1ccc(S(=O)(=O)N(CC)CC)cc1. The van der Waals surface area contributed by atoms with Crippen molar-refractivity contribution in [2.24, 2.45) is 0 Å². The first kappa shape index (κ1) is 17.2. The van der Waals surface area contributed by atoms with Crippen molar-refractivity contribution in [1.29, 1.82) is 0 Å². The minimum absolute atomic E-state index is 0.186. The maximum Gasteiger partial charge on any atom is 0.251 e. The van der Waals surface area contributed by atoms with E-state index in [1.165, 1.54) is 28.6 Å². The quantitative estimate of drug-likeness (QED) is 0.613. The number of carbonyl (C=O) groups excluding carboxylic acids is 1. The normalized spacial score (nSPS) is 11.1. The van der Waals surface area contributed by atoms with Gasteiger partial charge in [0.25, 0.3) is 5.91 Å². The molecule has 0 unspecified atom stereocenters. The molecule has 1 aromatic rings. The molecule has 5 nitrogen and oxygen atoms in total. The molecule has 0 saturated heterocycles. The fraction of sp³-hybridized carbons (Fsp3) is 0.400. The van der Waals surface area contributed by atoms with Crippen LogP contribution in [0.1, 0.15) is 30.6 Å². The van der Waals surface area contributed by atoms with Crippen LogP contribution in [-0.4, -0.2) is 38.3 Å². The van der Waals surface area contributed by atoms with E-state index >= 15 is 0 Å². The van der Waals surface area contributed by atoms with E-state index in [1.54, 1.807) is 13.8 Å². The van der Waals surface area contributed by atoms with Gasteiger partial charge in [-0.05, 0) is 24.3 Å². The van der Waals surface area contributed by atoms with Crippen molar-refractivity contribution in [1.82, 2.24) is 9.62 Å². The van der Waals surface area contributed by atoms with Gasteiger partial charge in [-0.3, -0.25) is 4.79 Å². The maximum atomic E-state index is 12.3. The number of benzene rings is 1. The third-order valence-electron chi connectivity index (χ3n) is 3.01. The number of terminal acetylenes is 1. The average Bonchev–Trinajstić information content (AvgIpc) is 2.48. The lowest BCUT2D eigenvalue weighted by atomic mass is 10.2. The number of sulfonamides is 1. The number of hydrogen-bond donors (Lipinski definition) is 1. The predicted octanol–water partition coefficient (Wildman–Crippen LogP) is 1.47. The van der Waals surface area contributed by atoms with Gasteiger partial charge in [-0.1, -0.05) is 13.8 Å². The Hall–Kier alpha value is -1.84. The Morgan fingerprint density at radius 2 is 1.81 bits per heavy atom. The lowest BCUT2D eigenvalue weighted by molar-refractivity contribution is 0.0954. The van der Waals surface area contributed by atoms with E-state index in [0.29, 0.717) is 31.6 Å². The number of carbonyl (C=O) groups is 1. The van der Waals surface area contributed by atoms with Gasteiger partial charge in [0.15, 0.2) is 0 Å². The van der Waals surface area contributed by atoms with Gasteiger partial charge >= 0.3 is 0 Å². The van der Waals surface area contributed by atoms with Crippen LogP contribution in [0.5, 0.6) is 0 Å². The molecule has 21 heavy (non-hydrogen) atoms. The number of amides is 1. The highest BCUT2D eigenvalue weighted by Crippen LogP contribution is 2.16. The highest BCUT2D eigenvalue weighted by molar-refractivity contribution is 7.89. The molecular formula is C15H20N2O3S. The van der Waals surface area contributed by atoms with E-state index in [9.17, 15) is 13.2 Å². The number of hydrogen-bond acceptors (Lipinski definition) is 3. The summed E-state index contributed by atoms with van der Waals surface area (Å²) in [6.45, 7) is 4.79. The first-order valence-electron chi connectivity index (χ1n) is 6.79. The Balaban J connectivity index is 2.88. The molecule has 1 N–H and O–H groups in total. The third kappa shape index (κ3) is 4.31. The topological polar surface area (TPSA) is 66.5 Å². The largest absolute Gasteiger partial charge is 0.351 e. The summed E-state index contributed by atoms with van der Waals surface area (Å²) in [4.78, 5) is 12.0. The summed E-state index contributed by atoms with van der Waals surface area (Å²) in [5.41, 5.74) is 0.408. The first-order valence-corrected chi connectivity index (χ1v) is 8.23. The van der Waals surface area contributed by atoms with Crippen LogP contribution < -0.4 is 5.32 Å². The van der Waals surface area contributed by atoms with Crippen molar-refractivity contribution >= 4 is 15.9 Å². The molecule has 0 aliphatic rings. The summed E-state index contributed by atoms with van der Waals surface area (Å²) < 4.78 is 25.9. The molecule has 1 rings (SSSR count). The number of nitrogens with one attached hydrogen (secondary N) is 1. The maximum absolute atomic E-state index is 12.3. The Morgan fingerprint density at radius 1 is 1.24 bits per heavy atom. The van der Waals surface area contributed by atoms with Crippen LogP contribution in [0.4, 0.5) is 0 Å². The summed E-state index contributed by atoms with van der Waals surface area (Å²) in [6.07, 6.45) is 5.56. The molecule has 0 spiro atoms. The molecule has 6 heteroatoms. The second kappa shape index (κ2) is 7.81. The third-order valence-corrected chi connectivity index (χ3v) is 5.08. The highest BCUT2D eigenvalue weighted by Gasteiger charge is 2.21. The van der Waals surface area contributed by atoms with E-state index in [2.05, 4.69) is 11.2 Å². The monoisotopic (exact) mass is 308 g/mol. The minimum Gasteiger partial charge on any atom is -0.351 e. The molecule has 0 aromatic heterocycles. The van der Waals surface area contributed by atoms with Crippen LogP contribution in [0.2, 0.25) is 0 Å². The van der Waals surface area contributed by atoms with Gasteiger partial charge in [0, 0.05) is 31.6 Å². The van der Waals surface area contributed by atoms with Gasteiger partial charge in [-0.2, -0.15) is 4.31 Å². The lowest BCUT2D eigenvalue weighted by Crippen LogP contribution is -2.30. The fourth-order valence-electron chi connectivity index (χ4n) is 1.84. The van der Waals surface area contributed by atoms with Crippen LogP contribution in [0, 0.1) is 12.3 Å². The summed E-state index contributed by atoms with van der Waals surface area (Å²) in [7, 11) is -3.49. The van der Waals surface area contributed by atoms with Crippen molar-refractivity contribution in [3.63, 3.8) is 0 Å². The molecule has 114 valence electrons. The van der Waals surface area contributed by atoms with Gasteiger partial charge in [0.2, 0.25) is 10.0 Å². The molecule has 0 heterocycles. The van der Waals surface area contributed by atoms with Gasteiger partial charge in [-0.15, -0.1) is 12.3 Å².